The summed E-state index contributed by atoms with van der Waals surface area (Å²) in [6.07, 6.45) is 2.01. The molecule has 1 unspecified atom stereocenters. The summed E-state index contributed by atoms with van der Waals surface area (Å²) in [4.78, 5) is 14.3. The second-order valence-electron chi connectivity index (χ2n) is 5.31. The molecule has 1 aliphatic rings. The highest BCUT2D eigenvalue weighted by molar-refractivity contribution is 5.88. The first-order valence-corrected chi connectivity index (χ1v) is 7.10. The smallest absolute Gasteiger partial charge is 0.227 e. The fraction of sp³-hybridized carbons (Fsp3) is 0.438. The van der Waals surface area contributed by atoms with Gasteiger partial charge in [-0.2, -0.15) is 0 Å². The Morgan fingerprint density at radius 3 is 3.10 bits per heavy atom. The molecule has 1 aliphatic heterocycles. The van der Waals surface area contributed by atoms with Crippen molar-refractivity contribution in [1.29, 1.82) is 0 Å². The van der Waals surface area contributed by atoms with E-state index in [2.05, 4.69) is 0 Å². The molecule has 1 saturated heterocycles. The van der Waals surface area contributed by atoms with Crippen molar-refractivity contribution in [2.75, 3.05) is 26.9 Å². The summed E-state index contributed by atoms with van der Waals surface area (Å²) in [5.41, 5.74) is 1.66. The molecule has 2 heterocycles. The van der Waals surface area contributed by atoms with Crippen LogP contribution >= 0.6 is 0 Å². The SMILES string of the molecule is COc1ccc2c(CC(=O)N3CCOCC3C)coc2c1. The average molecular weight is 289 g/mol. The van der Waals surface area contributed by atoms with Crippen molar-refractivity contribution in [2.45, 2.75) is 19.4 Å². The second-order valence-corrected chi connectivity index (χ2v) is 5.31. The van der Waals surface area contributed by atoms with E-state index in [-0.39, 0.29) is 11.9 Å². The Kier molecular flexibility index (Phi) is 3.84. The lowest BCUT2D eigenvalue weighted by molar-refractivity contribution is -0.138. The molecule has 0 aliphatic carbocycles. The van der Waals surface area contributed by atoms with Gasteiger partial charge in [0.15, 0.2) is 0 Å². The van der Waals surface area contributed by atoms with E-state index < -0.39 is 0 Å². The summed E-state index contributed by atoms with van der Waals surface area (Å²) in [5.74, 6) is 0.862. The number of hydrogen-bond acceptors (Lipinski definition) is 4. The highest BCUT2D eigenvalue weighted by atomic mass is 16.5. The number of carbonyl (C=O) groups is 1. The van der Waals surface area contributed by atoms with Crippen molar-refractivity contribution < 1.29 is 18.7 Å². The number of benzene rings is 1. The van der Waals surface area contributed by atoms with E-state index >= 15 is 0 Å². The molecule has 1 fully saturated rings. The number of rotatable bonds is 3. The van der Waals surface area contributed by atoms with Crippen molar-refractivity contribution in [3.05, 3.63) is 30.0 Å². The summed E-state index contributed by atoms with van der Waals surface area (Å²) in [6.45, 7) is 3.88. The molecule has 0 radical (unpaired) electrons. The van der Waals surface area contributed by atoms with Crippen molar-refractivity contribution in [3.8, 4) is 5.75 Å². The molecule has 1 atom stereocenters. The van der Waals surface area contributed by atoms with Crippen LogP contribution in [0.3, 0.4) is 0 Å². The zero-order chi connectivity index (χ0) is 14.8. The van der Waals surface area contributed by atoms with Gasteiger partial charge in [0.1, 0.15) is 11.3 Å². The molecular formula is C16H19NO4. The minimum Gasteiger partial charge on any atom is -0.497 e. The van der Waals surface area contributed by atoms with Crippen LogP contribution in [0.2, 0.25) is 0 Å². The average Bonchev–Trinajstić information content (AvgIpc) is 2.89. The maximum Gasteiger partial charge on any atom is 0.227 e. The van der Waals surface area contributed by atoms with Crippen LogP contribution in [0.15, 0.2) is 28.9 Å². The third-order valence-electron chi connectivity index (χ3n) is 3.89. The van der Waals surface area contributed by atoms with Crippen molar-refractivity contribution in [1.82, 2.24) is 4.90 Å². The first-order chi connectivity index (χ1) is 10.2. The molecular weight excluding hydrogens is 270 g/mol. The van der Waals surface area contributed by atoms with Crippen molar-refractivity contribution in [3.63, 3.8) is 0 Å². The predicted octanol–water partition coefficient (Wildman–Crippen LogP) is 2.23. The number of ether oxygens (including phenoxy) is 2. The van der Waals surface area contributed by atoms with Crippen LogP contribution in [0.1, 0.15) is 12.5 Å². The highest BCUT2D eigenvalue weighted by Crippen LogP contribution is 2.26. The lowest BCUT2D eigenvalue weighted by atomic mass is 10.1. The number of amides is 1. The van der Waals surface area contributed by atoms with Gasteiger partial charge in [-0.3, -0.25) is 4.79 Å². The fourth-order valence-corrected chi connectivity index (χ4v) is 2.69. The third-order valence-corrected chi connectivity index (χ3v) is 3.89. The van der Waals surface area contributed by atoms with Gasteiger partial charge in [-0.15, -0.1) is 0 Å². The maximum absolute atomic E-state index is 12.4. The summed E-state index contributed by atoms with van der Waals surface area (Å²) in [6, 6.07) is 5.77. The van der Waals surface area contributed by atoms with E-state index in [0.29, 0.717) is 26.2 Å². The molecule has 0 saturated carbocycles. The number of nitrogens with zero attached hydrogens (tertiary/aromatic N) is 1. The zero-order valence-electron chi connectivity index (χ0n) is 12.3. The van der Waals surface area contributed by atoms with Crippen LogP contribution < -0.4 is 4.74 Å². The van der Waals surface area contributed by atoms with E-state index in [4.69, 9.17) is 13.9 Å². The van der Waals surface area contributed by atoms with Crippen LogP contribution in [-0.4, -0.2) is 43.7 Å². The minimum absolute atomic E-state index is 0.115. The van der Waals surface area contributed by atoms with Gasteiger partial charge in [-0.05, 0) is 19.1 Å². The molecule has 0 N–H and O–H groups in total. The van der Waals surface area contributed by atoms with E-state index in [9.17, 15) is 4.79 Å². The summed E-state index contributed by atoms with van der Waals surface area (Å²) < 4.78 is 16.1. The Hall–Kier alpha value is -2.01. The van der Waals surface area contributed by atoms with Gasteiger partial charge in [-0.25, -0.2) is 0 Å². The Labute approximate surface area is 123 Å². The largest absolute Gasteiger partial charge is 0.497 e. The van der Waals surface area contributed by atoms with Crippen LogP contribution in [0.25, 0.3) is 11.0 Å². The lowest BCUT2D eigenvalue weighted by Gasteiger charge is -2.33. The Bertz CT molecular complexity index is 649. The van der Waals surface area contributed by atoms with Gasteiger partial charge >= 0.3 is 0 Å². The van der Waals surface area contributed by atoms with E-state index in [1.807, 2.05) is 30.0 Å². The molecule has 0 bridgehead atoms. The monoisotopic (exact) mass is 289 g/mol. The van der Waals surface area contributed by atoms with E-state index in [0.717, 1.165) is 22.3 Å². The van der Waals surface area contributed by atoms with Gasteiger partial charge in [0.25, 0.3) is 0 Å². The van der Waals surface area contributed by atoms with Crippen LogP contribution in [0, 0.1) is 0 Å². The zero-order valence-corrected chi connectivity index (χ0v) is 12.3. The van der Waals surface area contributed by atoms with Gasteiger partial charge in [0.05, 0.1) is 39.0 Å². The molecule has 5 heteroatoms. The van der Waals surface area contributed by atoms with Gasteiger partial charge in [0.2, 0.25) is 5.91 Å². The number of hydrogen-bond donors (Lipinski definition) is 0. The lowest BCUT2D eigenvalue weighted by Crippen LogP contribution is -2.47. The number of carbonyl (C=O) groups excluding carboxylic acids is 1. The minimum atomic E-state index is 0.115. The number of morpholine rings is 1. The number of fused-ring (bicyclic) bond motifs is 1. The normalized spacial score (nSPS) is 19.0. The quantitative estimate of drug-likeness (QED) is 0.869. The molecule has 1 aromatic heterocycles. The van der Waals surface area contributed by atoms with E-state index in [1.54, 1.807) is 13.4 Å². The first-order valence-electron chi connectivity index (χ1n) is 7.10. The predicted molar refractivity (Wildman–Crippen MR) is 78.5 cm³/mol. The van der Waals surface area contributed by atoms with E-state index in [1.165, 1.54) is 0 Å². The number of methoxy groups -OCH3 is 1. The summed E-state index contributed by atoms with van der Waals surface area (Å²) >= 11 is 0. The van der Waals surface area contributed by atoms with Crippen molar-refractivity contribution in [2.24, 2.45) is 0 Å². The molecule has 1 amide bonds. The molecule has 112 valence electrons. The van der Waals surface area contributed by atoms with Gasteiger partial charge in [0, 0.05) is 23.6 Å². The fourth-order valence-electron chi connectivity index (χ4n) is 2.69. The molecule has 21 heavy (non-hydrogen) atoms. The van der Waals surface area contributed by atoms with Crippen LogP contribution in [-0.2, 0) is 16.0 Å². The van der Waals surface area contributed by atoms with Crippen molar-refractivity contribution >= 4 is 16.9 Å². The number of furan rings is 1. The molecule has 3 rings (SSSR count). The Morgan fingerprint density at radius 1 is 1.48 bits per heavy atom. The molecule has 5 nitrogen and oxygen atoms in total. The maximum atomic E-state index is 12.4. The molecule has 2 aromatic rings. The van der Waals surface area contributed by atoms with Crippen LogP contribution in [0.5, 0.6) is 5.75 Å². The molecule has 1 aromatic carbocycles. The molecule has 0 spiro atoms. The van der Waals surface area contributed by atoms with Gasteiger partial charge in [-0.1, -0.05) is 0 Å². The first kappa shape index (κ1) is 13.9. The standard InChI is InChI=1S/C16H19NO4/c1-11-9-20-6-5-17(11)16(18)7-12-10-21-15-8-13(19-2)3-4-14(12)15/h3-4,8,10-11H,5-7,9H2,1-2H3. The summed E-state index contributed by atoms with van der Waals surface area (Å²) in [5, 5.41) is 0.963. The Balaban J connectivity index is 1.79. The Morgan fingerprint density at radius 2 is 2.33 bits per heavy atom. The topological polar surface area (TPSA) is 51.9 Å². The summed E-state index contributed by atoms with van der Waals surface area (Å²) in [7, 11) is 1.62. The third kappa shape index (κ3) is 2.74. The highest BCUT2D eigenvalue weighted by Gasteiger charge is 2.24. The van der Waals surface area contributed by atoms with Crippen LogP contribution in [0.4, 0.5) is 0 Å². The van der Waals surface area contributed by atoms with Gasteiger partial charge < -0.3 is 18.8 Å². The second kappa shape index (κ2) is 5.77.